The van der Waals surface area contributed by atoms with Gasteiger partial charge in [0.15, 0.2) is 0 Å². The Balaban J connectivity index is 1.44. The fourth-order valence-corrected chi connectivity index (χ4v) is 4.19. The first-order valence-electron chi connectivity index (χ1n) is 9.72. The van der Waals surface area contributed by atoms with Gasteiger partial charge in [-0.15, -0.1) is 15.3 Å². The van der Waals surface area contributed by atoms with Crippen LogP contribution in [-0.2, 0) is 17.8 Å². The summed E-state index contributed by atoms with van der Waals surface area (Å²) < 4.78 is 7.17. The van der Waals surface area contributed by atoms with E-state index in [2.05, 4.69) is 20.5 Å². The number of nitrogens with zero attached hydrogens (tertiary/aromatic N) is 6. The number of hydrogen-bond acceptors (Lipinski definition) is 7. The van der Waals surface area contributed by atoms with Crippen molar-refractivity contribution >= 4 is 33.4 Å². The van der Waals surface area contributed by atoms with Crippen molar-refractivity contribution in [3.05, 3.63) is 59.1 Å². The summed E-state index contributed by atoms with van der Waals surface area (Å²) in [7, 11) is 1.64. The Kier molecular flexibility index (Phi) is 5.99. The first kappa shape index (κ1) is 20.0. The molecule has 0 fully saturated rings. The van der Waals surface area contributed by atoms with E-state index in [9.17, 15) is 4.79 Å². The van der Waals surface area contributed by atoms with Crippen LogP contribution >= 0.6 is 11.3 Å². The van der Waals surface area contributed by atoms with Gasteiger partial charge in [-0.2, -0.15) is 0 Å². The quantitative estimate of drug-likeness (QED) is 0.433. The molecule has 9 heteroatoms. The molecule has 0 unspecified atom stereocenters. The molecule has 0 radical (unpaired) electrons. The Morgan fingerprint density at radius 2 is 1.90 bits per heavy atom. The van der Waals surface area contributed by atoms with Gasteiger partial charge in [-0.3, -0.25) is 9.69 Å². The lowest BCUT2D eigenvalue weighted by Gasteiger charge is -2.17. The van der Waals surface area contributed by atoms with E-state index in [0.717, 1.165) is 27.4 Å². The van der Waals surface area contributed by atoms with Crippen LogP contribution in [0.25, 0.3) is 11.0 Å². The number of carbonyl (C=O) groups excluding carboxylic acids is 1. The van der Waals surface area contributed by atoms with E-state index in [1.165, 1.54) is 11.3 Å². The summed E-state index contributed by atoms with van der Waals surface area (Å²) in [5.74, 6) is 0.809. The van der Waals surface area contributed by atoms with Crippen molar-refractivity contribution in [2.24, 2.45) is 0 Å². The van der Waals surface area contributed by atoms with Crippen LogP contribution in [0.4, 0.5) is 5.13 Å². The molecule has 4 rings (SSSR count). The third-order valence-electron chi connectivity index (χ3n) is 4.81. The lowest BCUT2D eigenvalue weighted by molar-refractivity contribution is -0.118. The van der Waals surface area contributed by atoms with Crippen LogP contribution in [0.3, 0.4) is 0 Å². The van der Waals surface area contributed by atoms with Crippen molar-refractivity contribution in [3.63, 3.8) is 0 Å². The number of anilines is 1. The van der Waals surface area contributed by atoms with E-state index in [1.54, 1.807) is 16.7 Å². The molecule has 0 aliphatic rings. The molecular formula is C21H22N6O2S. The molecule has 0 saturated heterocycles. The number of ether oxygens (including phenoxy) is 1. The number of aryl methyl sites for hydroxylation is 1. The highest BCUT2D eigenvalue weighted by Crippen LogP contribution is 2.24. The minimum Gasteiger partial charge on any atom is -0.496 e. The summed E-state index contributed by atoms with van der Waals surface area (Å²) >= 11 is 1.40. The van der Waals surface area contributed by atoms with Crippen molar-refractivity contribution in [1.82, 2.24) is 25.2 Å². The van der Waals surface area contributed by atoms with E-state index in [0.29, 0.717) is 31.1 Å². The molecule has 0 atom stereocenters. The van der Waals surface area contributed by atoms with E-state index in [-0.39, 0.29) is 5.91 Å². The van der Waals surface area contributed by atoms with Crippen LogP contribution in [0.15, 0.2) is 48.5 Å². The van der Waals surface area contributed by atoms with E-state index >= 15 is 0 Å². The second kappa shape index (κ2) is 9.00. The second-order valence-electron chi connectivity index (χ2n) is 6.66. The van der Waals surface area contributed by atoms with Crippen molar-refractivity contribution in [3.8, 4) is 5.75 Å². The third-order valence-corrected chi connectivity index (χ3v) is 5.74. The molecule has 0 saturated carbocycles. The monoisotopic (exact) mass is 422 g/mol. The Hall–Kier alpha value is -3.33. The van der Waals surface area contributed by atoms with Gasteiger partial charge in [0.2, 0.25) is 11.0 Å². The van der Waals surface area contributed by atoms with Gasteiger partial charge < -0.3 is 4.74 Å². The third kappa shape index (κ3) is 4.16. The summed E-state index contributed by atoms with van der Waals surface area (Å²) in [6.45, 7) is 2.93. The second-order valence-corrected chi connectivity index (χ2v) is 7.70. The molecule has 2 aromatic heterocycles. The zero-order valence-corrected chi connectivity index (χ0v) is 17.7. The fourth-order valence-electron chi connectivity index (χ4n) is 3.28. The number of methoxy groups -OCH3 is 1. The zero-order valence-electron chi connectivity index (χ0n) is 16.9. The molecule has 1 amide bonds. The number of para-hydroxylation sites is 2. The Morgan fingerprint density at radius 1 is 1.10 bits per heavy atom. The number of amides is 1. The van der Waals surface area contributed by atoms with Crippen molar-refractivity contribution in [2.75, 3.05) is 18.6 Å². The van der Waals surface area contributed by atoms with Gasteiger partial charge in [0.25, 0.3) is 0 Å². The number of carbonyl (C=O) groups is 1. The molecule has 0 N–H and O–H groups in total. The van der Waals surface area contributed by atoms with Gasteiger partial charge in [-0.1, -0.05) is 46.9 Å². The molecule has 30 heavy (non-hydrogen) atoms. The standard InChI is InChI=1S/C21H22N6O2S/c1-3-26(20(28)13-12-15-8-4-7-11-18(15)29-2)21-24-23-19(30-21)14-27-17-10-6-5-9-16(17)22-25-27/h4-11H,3,12-14H2,1-2H3. The van der Waals surface area contributed by atoms with Crippen LogP contribution in [0.5, 0.6) is 5.75 Å². The highest BCUT2D eigenvalue weighted by Gasteiger charge is 2.19. The van der Waals surface area contributed by atoms with Crippen LogP contribution in [0.1, 0.15) is 23.9 Å². The minimum absolute atomic E-state index is 0.0114. The lowest BCUT2D eigenvalue weighted by atomic mass is 10.1. The number of fused-ring (bicyclic) bond motifs is 1. The normalized spacial score (nSPS) is 11.0. The zero-order chi connectivity index (χ0) is 20.9. The Bertz CT molecular complexity index is 1160. The number of rotatable bonds is 8. The number of hydrogen-bond donors (Lipinski definition) is 0. The molecule has 2 heterocycles. The van der Waals surface area contributed by atoms with E-state index in [1.807, 2.05) is 55.5 Å². The summed E-state index contributed by atoms with van der Waals surface area (Å²) in [6.07, 6.45) is 0.979. The predicted molar refractivity (Wildman–Crippen MR) is 116 cm³/mol. The maximum Gasteiger partial charge on any atom is 0.229 e. The highest BCUT2D eigenvalue weighted by molar-refractivity contribution is 7.15. The van der Waals surface area contributed by atoms with E-state index < -0.39 is 0 Å². The summed E-state index contributed by atoms with van der Waals surface area (Å²) in [5.41, 5.74) is 2.79. The SMILES string of the molecule is CCN(C(=O)CCc1ccccc1OC)c1nnc(Cn2nnc3ccccc32)s1. The van der Waals surface area contributed by atoms with Gasteiger partial charge in [-0.05, 0) is 37.1 Å². The molecule has 0 aliphatic carbocycles. The first-order valence-corrected chi connectivity index (χ1v) is 10.5. The van der Waals surface area contributed by atoms with Gasteiger partial charge in [0.05, 0.1) is 19.2 Å². The van der Waals surface area contributed by atoms with Gasteiger partial charge in [-0.25, -0.2) is 4.68 Å². The van der Waals surface area contributed by atoms with E-state index in [4.69, 9.17) is 4.74 Å². The molecule has 0 bridgehead atoms. The topological polar surface area (TPSA) is 86.0 Å². The molecule has 154 valence electrons. The number of benzene rings is 2. The highest BCUT2D eigenvalue weighted by atomic mass is 32.1. The van der Waals surface area contributed by atoms with Gasteiger partial charge >= 0.3 is 0 Å². The van der Waals surface area contributed by atoms with Gasteiger partial charge in [0.1, 0.15) is 16.3 Å². The molecule has 4 aromatic rings. The van der Waals surface area contributed by atoms with Crippen LogP contribution < -0.4 is 9.64 Å². The molecular weight excluding hydrogens is 400 g/mol. The Labute approximate surface area is 178 Å². The average Bonchev–Trinajstić information content (AvgIpc) is 3.41. The Morgan fingerprint density at radius 3 is 2.73 bits per heavy atom. The molecule has 2 aromatic carbocycles. The summed E-state index contributed by atoms with van der Waals surface area (Å²) in [4.78, 5) is 14.5. The molecule has 8 nitrogen and oxygen atoms in total. The largest absolute Gasteiger partial charge is 0.496 e. The molecule has 0 spiro atoms. The van der Waals surface area contributed by atoms with Crippen LogP contribution in [0.2, 0.25) is 0 Å². The van der Waals surface area contributed by atoms with Crippen molar-refractivity contribution in [2.45, 2.75) is 26.3 Å². The van der Waals surface area contributed by atoms with Gasteiger partial charge in [0, 0.05) is 13.0 Å². The summed E-state index contributed by atoms with van der Waals surface area (Å²) in [5, 5.41) is 18.2. The predicted octanol–water partition coefficient (Wildman–Crippen LogP) is 3.33. The maximum absolute atomic E-state index is 12.8. The van der Waals surface area contributed by atoms with Crippen LogP contribution in [-0.4, -0.2) is 44.8 Å². The smallest absolute Gasteiger partial charge is 0.229 e. The average molecular weight is 423 g/mol. The summed E-state index contributed by atoms with van der Waals surface area (Å²) in [6, 6.07) is 15.5. The molecule has 0 aliphatic heterocycles. The number of aromatic nitrogens is 5. The van der Waals surface area contributed by atoms with Crippen molar-refractivity contribution < 1.29 is 9.53 Å². The fraction of sp³-hybridized carbons (Fsp3) is 0.286. The minimum atomic E-state index is 0.0114. The van der Waals surface area contributed by atoms with Crippen molar-refractivity contribution in [1.29, 1.82) is 0 Å². The first-order chi connectivity index (χ1) is 14.7. The maximum atomic E-state index is 12.8. The van der Waals surface area contributed by atoms with Crippen LogP contribution in [0, 0.1) is 0 Å². The lowest BCUT2D eigenvalue weighted by Crippen LogP contribution is -2.30.